The summed E-state index contributed by atoms with van der Waals surface area (Å²) in [5.74, 6) is 0.871. The molecule has 0 saturated carbocycles. The molecule has 4 aromatic rings. The number of benzene rings is 2. The zero-order chi connectivity index (χ0) is 20.8. The first kappa shape index (κ1) is 19.2. The molecular weight excluding hydrogens is 422 g/mol. The lowest BCUT2D eigenvalue weighted by atomic mass is 10.2. The van der Waals surface area contributed by atoms with Gasteiger partial charge in [-0.25, -0.2) is 4.98 Å². The van der Waals surface area contributed by atoms with Crippen molar-refractivity contribution in [2.24, 2.45) is 0 Å². The van der Waals surface area contributed by atoms with Crippen LogP contribution in [-0.4, -0.2) is 49.1 Å². The van der Waals surface area contributed by atoms with Crippen molar-refractivity contribution >= 4 is 55.2 Å². The number of anilines is 1. The van der Waals surface area contributed by atoms with Gasteiger partial charge in [-0.1, -0.05) is 35.1 Å². The SMILES string of the molecule is COc1cccc2cc(C(=O)N3CCN(c4nc5c(C)c(Cl)ccc5s4)CC3)oc12. The van der Waals surface area contributed by atoms with E-state index >= 15 is 0 Å². The molecular formula is C22H20ClN3O3S. The van der Waals surface area contributed by atoms with Crippen LogP contribution in [0.1, 0.15) is 16.1 Å². The highest BCUT2D eigenvalue weighted by molar-refractivity contribution is 7.22. The highest BCUT2D eigenvalue weighted by Gasteiger charge is 2.26. The van der Waals surface area contributed by atoms with Gasteiger partial charge in [-0.05, 0) is 36.8 Å². The molecule has 1 fully saturated rings. The number of rotatable bonds is 3. The number of nitrogens with zero attached hydrogens (tertiary/aromatic N) is 3. The van der Waals surface area contributed by atoms with E-state index in [4.69, 9.17) is 25.7 Å². The van der Waals surface area contributed by atoms with Gasteiger partial charge in [-0.15, -0.1) is 0 Å². The van der Waals surface area contributed by atoms with Crippen molar-refractivity contribution in [2.75, 3.05) is 38.2 Å². The number of carbonyl (C=O) groups excluding carboxylic acids is 1. The van der Waals surface area contributed by atoms with Crippen molar-refractivity contribution in [1.29, 1.82) is 0 Å². The Hall–Kier alpha value is -2.77. The topological polar surface area (TPSA) is 58.8 Å². The van der Waals surface area contributed by atoms with Gasteiger partial charge >= 0.3 is 0 Å². The molecule has 0 atom stereocenters. The minimum atomic E-state index is -0.0974. The summed E-state index contributed by atoms with van der Waals surface area (Å²) < 4.78 is 12.3. The molecule has 0 N–H and O–H groups in total. The predicted octanol–water partition coefficient (Wildman–Crippen LogP) is 4.98. The highest BCUT2D eigenvalue weighted by atomic mass is 35.5. The van der Waals surface area contributed by atoms with Gasteiger partial charge in [-0.2, -0.15) is 0 Å². The fraction of sp³-hybridized carbons (Fsp3) is 0.273. The third-order valence-corrected chi connectivity index (χ3v) is 7.00. The van der Waals surface area contributed by atoms with Crippen LogP contribution in [0.15, 0.2) is 40.8 Å². The fourth-order valence-corrected chi connectivity index (χ4v) is 5.01. The summed E-state index contributed by atoms with van der Waals surface area (Å²) in [6, 6.07) is 11.3. The second-order valence-corrected chi connectivity index (χ2v) is 8.70. The summed E-state index contributed by atoms with van der Waals surface area (Å²) in [6.45, 7) is 4.67. The zero-order valence-corrected chi connectivity index (χ0v) is 18.2. The Bertz CT molecular complexity index is 1260. The molecule has 6 nitrogen and oxygen atoms in total. The van der Waals surface area contributed by atoms with Crippen LogP contribution in [0, 0.1) is 6.92 Å². The van der Waals surface area contributed by atoms with E-state index in [1.807, 2.05) is 42.2 Å². The molecule has 1 aliphatic rings. The van der Waals surface area contributed by atoms with Crippen LogP contribution >= 0.6 is 22.9 Å². The molecule has 1 saturated heterocycles. The second kappa shape index (κ2) is 7.49. The summed E-state index contributed by atoms with van der Waals surface area (Å²) in [7, 11) is 1.59. The van der Waals surface area contributed by atoms with Crippen molar-refractivity contribution in [3.63, 3.8) is 0 Å². The highest BCUT2D eigenvalue weighted by Crippen LogP contribution is 2.34. The Morgan fingerprint density at radius 1 is 1.20 bits per heavy atom. The number of methoxy groups -OCH3 is 1. The molecule has 0 bridgehead atoms. The Morgan fingerprint density at radius 2 is 2.00 bits per heavy atom. The minimum absolute atomic E-state index is 0.0974. The van der Waals surface area contributed by atoms with Crippen molar-refractivity contribution < 1.29 is 13.9 Å². The van der Waals surface area contributed by atoms with Gasteiger partial charge in [0.1, 0.15) is 0 Å². The van der Waals surface area contributed by atoms with Crippen LogP contribution in [0.25, 0.3) is 21.2 Å². The van der Waals surface area contributed by atoms with E-state index in [1.54, 1.807) is 24.5 Å². The summed E-state index contributed by atoms with van der Waals surface area (Å²) in [6.07, 6.45) is 0. The lowest BCUT2D eigenvalue weighted by Crippen LogP contribution is -2.48. The van der Waals surface area contributed by atoms with Crippen LogP contribution < -0.4 is 9.64 Å². The molecule has 2 aromatic heterocycles. The van der Waals surface area contributed by atoms with E-state index in [9.17, 15) is 4.79 Å². The minimum Gasteiger partial charge on any atom is -0.493 e. The standard InChI is InChI=1S/C22H20ClN3O3S/c1-13-15(23)6-7-18-19(13)24-22(30-18)26-10-8-25(9-11-26)21(27)17-12-14-4-3-5-16(28-2)20(14)29-17/h3-7,12H,8-11H2,1-2H3. The molecule has 1 amide bonds. The maximum Gasteiger partial charge on any atom is 0.289 e. The smallest absolute Gasteiger partial charge is 0.289 e. The van der Waals surface area contributed by atoms with Crippen LogP contribution in [0.5, 0.6) is 5.75 Å². The number of aromatic nitrogens is 1. The van der Waals surface area contributed by atoms with Gasteiger partial charge in [0.2, 0.25) is 0 Å². The summed E-state index contributed by atoms with van der Waals surface area (Å²) >= 11 is 7.89. The Kier molecular flexibility index (Phi) is 4.79. The van der Waals surface area contributed by atoms with Gasteiger partial charge in [0.05, 0.1) is 17.3 Å². The molecule has 154 valence electrons. The molecule has 0 unspecified atom stereocenters. The zero-order valence-electron chi connectivity index (χ0n) is 16.6. The molecule has 3 heterocycles. The number of hydrogen-bond donors (Lipinski definition) is 0. The molecule has 1 aliphatic heterocycles. The Balaban J connectivity index is 1.32. The quantitative estimate of drug-likeness (QED) is 0.449. The molecule has 0 radical (unpaired) electrons. The number of para-hydroxylation sites is 1. The Labute approximate surface area is 182 Å². The summed E-state index contributed by atoms with van der Waals surface area (Å²) in [4.78, 5) is 21.8. The number of amides is 1. The molecule has 30 heavy (non-hydrogen) atoms. The lowest BCUT2D eigenvalue weighted by Gasteiger charge is -2.34. The van der Waals surface area contributed by atoms with Crippen molar-refractivity contribution in [1.82, 2.24) is 9.88 Å². The molecule has 5 rings (SSSR count). The third kappa shape index (κ3) is 3.18. The van der Waals surface area contributed by atoms with E-state index < -0.39 is 0 Å². The number of furan rings is 1. The number of aryl methyl sites for hydroxylation is 1. The fourth-order valence-electron chi connectivity index (χ4n) is 3.78. The first-order chi connectivity index (χ1) is 14.5. The van der Waals surface area contributed by atoms with Gasteiger partial charge in [0, 0.05) is 36.6 Å². The summed E-state index contributed by atoms with van der Waals surface area (Å²) in [5.41, 5.74) is 2.56. The average Bonchev–Trinajstić information content (AvgIpc) is 3.40. The van der Waals surface area contributed by atoms with E-state index in [1.165, 1.54) is 0 Å². The third-order valence-electron chi connectivity index (χ3n) is 5.51. The van der Waals surface area contributed by atoms with E-state index in [0.717, 1.165) is 44.4 Å². The monoisotopic (exact) mass is 441 g/mol. The van der Waals surface area contributed by atoms with Crippen LogP contribution in [0.2, 0.25) is 5.02 Å². The normalized spacial score (nSPS) is 14.6. The number of carbonyl (C=O) groups is 1. The maximum atomic E-state index is 13.0. The number of thiazole rings is 1. The van der Waals surface area contributed by atoms with Gasteiger partial charge in [-0.3, -0.25) is 4.79 Å². The number of fused-ring (bicyclic) bond motifs is 2. The number of ether oxygens (including phenoxy) is 1. The first-order valence-electron chi connectivity index (χ1n) is 9.71. The average molecular weight is 442 g/mol. The van der Waals surface area contributed by atoms with Gasteiger partial charge < -0.3 is 19.0 Å². The summed E-state index contributed by atoms with van der Waals surface area (Å²) in [5, 5.41) is 2.56. The van der Waals surface area contributed by atoms with E-state index in [2.05, 4.69) is 4.90 Å². The number of hydrogen-bond acceptors (Lipinski definition) is 6. The predicted molar refractivity (Wildman–Crippen MR) is 120 cm³/mol. The van der Waals surface area contributed by atoms with Gasteiger partial charge in [0.25, 0.3) is 5.91 Å². The second-order valence-electron chi connectivity index (χ2n) is 7.28. The molecule has 8 heteroatoms. The van der Waals surface area contributed by atoms with Crippen LogP contribution in [-0.2, 0) is 0 Å². The Morgan fingerprint density at radius 3 is 2.77 bits per heavy atom. The van der Waals surface area contributed by atoms with Crippen LogP contribution in [0.3, 0.4) is 0 Å². The van der Waals surface area contributed by atoms with Crippen molar-refractivity contribution in [3.8, 4) is 5.75 Å². The van der Waals surface area contributed by atoms with Crippen LogP contribution in [0.4, 0.5) is 5.13 Å². The molecule has 0 aliphatic carbocycles. The van der Waals surface area contributed by atoms with Crippen molar-refractivity contribution in [3.05, 3.63) is 52.7 Å². The molecule has 0 spiro atoms. The van der Waals surface area contributed by atoms with Crippen molar-refractivity contribution in [2.45, 2.75) is 6.92 Å². The number of halogens is 1. The van der Waals surface area contributed by atoms with E-state index in [-0.39, 0.29) is 5.91 Å². The largest absolute Gasteiger partial charge is 0.493 e. The van der Waals surface area contributed by atoms with Gasteiger partial charge in [0.15, 0.2) is 22.2 Å². The number of piperazine rings is 1. The molecule has 2 aromatic carbocycles. The lowest BCUT2D eigenvalue weighted by molar-refractivity contribution is 0.0717. The first-order valence-corrected chi connectivity index (χ1v) is 10.9. The maximum absolute atomic E-state index is 13.0. The van der Waals surface area contributed by atoms with E-state index in [0.29, 0.717) is 30.2 Å².